The van der Waals surface area contributed by atoms with Crippen molar-refractivity contribution in [3.8, 4) is 28.0 Å². The summed E-state index contributed by atoms with van der Waals surface area (Å²) >= 11 is 4.05. The molecule has 0 heterocycles. The minimum absolute atomic E-state index is 0.104. The van der Waals surface area contributed by atoms with E-state index in [1.165, 1.54) is 24.0 Å². The quantitative estimate of drug-likeness (QED) is 0.396. The van der Waals surface area contributed by atoms with Crippen LogP contribution in [0, 0.1) is 0 Å². The molecule has 1 nitrogen and oxygen atoms in total. The van der Waals surface area contributed by atoms with E-state index in [1.807, 2.05) is 18.2 Å². The molecule has 0 saturated carbocycles. The van der Waals surface area contributed by atoms with E-state index in [4.69, 9.17) is 0 Å². The van der Waals surface area contributed by atoms with E-state index in [0.29, 0.717) is 5.75 Å². The molecule has 0 saturated heterocycles. The number of aryl methyl sites for hydroxylation is 1. The van der Waals surface area contributed by atoms with Crippen LogP contribution in [0.2, 0.25) is 0 Å². The lowest BCUT2D eigenvalue weighted by Gasteiger charge is -2.23. The Bertz CT molecular complexity index is 925. The normalized spacial score (nSPS) is 11.6. The molecule has 2 heteroatoms. The average molecular weight is 406 g/mol. The maximum Gasteiger partial charge on any atom is 0.148 e. The molecule has 0 amide bonds. The molecule has 0 radical (unpaired) electrons. The minimum atomic E-state index is -0.104. The van der Waals surface area contributed by atoms with Gasteiger partial charge < -0.3 is 5.11 Å². The van der Waals surface area contributed by atoms with Gasteiger partial charge in [0.1, 0.15) is 10.5 Å². The highest BCUT2D eigenvalue weighted by Crippen LogP contribution is 2.43. The van der Waals surface area contributed by atoms with E-state index in [0.717, 1.165) is 41.5 Å². The average Bonchev–Trinajstić information content (AvgIpc) is 2.78. The number of unbranched alkanes of at least 4 members (excludes halogenated alkanes) is 1. The summed E-state index contributed by atoms with van der Waals surface area (Å²) in [7, 11) is 0. The van der Waals surface area contributed by atoms with Crippen molar-refractivity contribution in [1.82, 2.24) is 0 Å². The van der Waals surface area contributed by atoms with Gasteiger partial charge >= 0.3 is 0 Å². The highest BCUT2D eigenvalue weighted by molar-refractivity contribution is 7.60. The molecule has 0 aliphatic carbocycles. The van der Waals surface area contributed by atoms with E-state index in [1.54, 1.807) is 0 Å². The third-order valence-corrected chi connectivity index (χ3v) is 7.03. The summed E-state index contributed by atoms with van der Waals surface area (Å²) in [5, 5.41) is 11.2. The van der Waals surface area contributed by atoms with E-state index >= 15 is 0 Å². The molecule has 0 unspecified atom stereocenters. The van der Waals surface area contributed by atoms with Gasteiger partial charge in [0.2, 0.25) is 0 Å². The summed E-state index contributed by atoms with van der Waals surface area (Å²) in [5.41, 5.74) is 6.44. The first kappa shape index (κ1) is 21.5. The molecule has 152 valence electrons. The van der Waals surface area contributed by atoms with Gasteiger partial charge in [-0.25, -0.2) is 0 Å². The van der Waals surface area contributed by atoms with Gasteiger partial charge in [0, 0.05) is 16.7 Å². The van der Waals surface area contributed by atoms with Crippen LogP contribution in [-0.4, -0.2) is 5.11 Å². The Balaban J connectivity index is 2.15. The third-order valence-electron chi connectivity index (χ3n) is 6.04. The summed E-state index contributed by atoms with van der Waals surface area (Å²) in [6.45, 7) is 6.62. The predicted octanol–water partition coefficient (Wildman–Crippen LogP) is 7.10. The van der Waals surface area contributed by atoms with Crippen molar-refractivity contribution in [3.05, 3.63) is 77.9 Å². The van der Waals surface area contributed by atoms with Crippen LogP contribution < -0.4 is 0 Å². The molecule has 0 aliphatic rings. The van der Waals surface area contributed by atoms with Gasteiger partial charge in [-0.15, -0.1) is 0 Å². The number of hydrogen-bond donors (Lipinski definition) is 1. The predicted molar refractivity (Wildman–Crippen MR) is 130 cm³/mol. The van der Waals surface area contributed by atoms with Gasteiger partial charge in [-0.2, -0.15) is 0 Å². The van der Waals surface area contributed by atoms with Crippen LogP contribution in [0.3, 0.4) is 0 Å². The Labute approximate surface area is 181 Å². The summed E-state index contributed by atoms with van der Waals surface area (Å²) in [6.07, 6.45) is 5.47. The molecule has 0 bridgehead atoms. The molecular formula is C27H33OS+. The van der Waals surface area contributed by atoms with Gasteiger partial charge in [-0.1, -0.05) is 81.8 Å². The monoisotopic (exact) mass is 405 g/mol. The molecule has 0 aliphatic heterocycles. The molecule has 0 fully saturated rings. The van der Waals surface area contributed by atoms with Crippen LogP contribution in [0.5, 0.6) is 5.75 Å². The molecule has 29 heavy (non-hydrogen) atoms. The molecule has 0 atom stereocenters. The zero-order valence-corrected chi connectivity index (χ0v) is 18.8. The second-order valence-corrected chi connectivity index (χ2v) is 8.83. The standard InChI is InChI=1S/C27H32OS/c1-4-7-11-20-14-16-22(17-15-20)25-19-23(27(29,5-2)6-3)18-24(26(25)28)21-12-9-8-10-13-21/h8-10,12-19,28-29H,4-7,11H2,1-3H3/p+1. The fourth-order valence-electron chi connectivity index (χ4n) is 3.86. The van der Waals surface area contributed by atoms with Crippen molar-refractivity contribution in [2.24, 2.45) is 0 Å². The number of phenols is 1. The van der Waals surface area contributed by atoms with Crippen molar-refractivity contribution in [1.29, 1.82) is 0 Å². The zero-order chi connectivity index (χ0) is 20.9. The molecule has 3 aromatic carbocycles. The summed E-state index contributed by atoms with van der Waals surface area (Å²) < 4.78 is -0.104. The summed E-state index contributed by atoms with van der Waals surface area (Å²) in [4.78, 5) is 0. The molecule has 1 N–H and O–H groups in total. The lowest BCUT2D eigenvalue weighted by molar-refractivity contribution is 0.478. The van der Waals surface area contributed by atoms with Gasteiger partial charge in [0.25, 0.3) is 0 Å². The maximum atomic E-state index is 11.2. The van der Waals surface area contributed by atoms with Crippen LogP contribution >= 0.6 is 0 Å². The highest BCUT2D eigenvalue weighted by Gasteiger charge is 2.32. The summed E-state index contributed by atoms with van der Waals surface area (Å²) in [6, 6.07) is 23.1. The number of phenolic OH excluding ortho intramolecular Hbond substituents is 1. The van der Waals surface area contributed by atoms with Crippen molar-refractivity contribution in [2.75, 3.05) is 0 Å². The third kappa shape index (κ3) is 4.70. The zero-order valence-electron chi connectivity index (χ0n) is 17.8. The molecule has 0 spiro atoms. The number of rotatable bonds is 8. The first-order valence-corrected chi connectivity index (χ1v) is 11.3. The largest absolute Gasteiger partial charge is 0.507 e. The van der Waals surface area contributed by atoms with E-state index in [2.05, 4.69) is 81.9 Å². The van der Waals surface area contributed by atoms with Crippen LogP contribution in [0.25, 0.3) is 22.3 Å². The number of hydrogen-bond acceptors (Lipinski definition) is 1. The summed E-state index contributed by atoms with van der Waals surface area (Å²) in [5.74, 6) is 0.350. The lowest BCUT2D eigenvalue weighted by atomic mass is 9.86. The SMILES string of the molecule is CCCCc1ccc(-c2cc(C([SH2+])(CC)CC)cc(-c3ccccc3)c2O)cc1. The minimum Gasteiger partial charge on any atom is -0.507 e. The molecular weight excluding hydrogens is 372 g/mol. The van der Waals surface area contributed by atoms with Crippen molar-refractivity contribution < 1.29 is 5.11 Å². The van der Waals surface area contributed by atoms with Crippen LogP contribution in [0.15, 0.2) is 66.7 Å². The van der Waals surface area contributed by atoms with Crippen molar-refractivity contribution >= 4 is 12.6 Å². The van der Waals surface area contributed by atoms with Gasteiger partial charge in [0.15, 0.2) is 0 Å². The topological polar surface area (TPSA) is 20.2 Å². The Morgan fingerprint density at radius 1 is 0.793 bits per heavy atom. The maximum absolute atomic E-state index is 11.2. The van der Waals surface area contributed by atoms with Crippen LogP contribution in [0.4, 0.5) is 0 Å². The number of aromatic hydroxyl groups is 1. The molecule has 0 aromatic heterocycles. The smallest absolute Gasteiger partial charge is 0.148 e. The molecule has 3 rings (SSSR count). The van der Waals surface area contributed by atoms with Crippen molar-refractivity contribution in [2.45, 2.75) is 57.6 Å². The van der Waals surface area contributed by atoms with Crippen LogP contribution in [0.1, 0.15) is 57.6 Å². The Morgan fingerprint density at radius 2 is 1.34 bits per heavy atom. The Kier molecular flexibility index (Phi) is 7.08. The van der Waals surface area contributed by atoms with E-state index in [-0.39, 0.29) is 4.75 Å². The van der Waals surface area contributed by atoms with E-state index < -0.39 is 0 Å². The fourth-order valence-corrected chi connectivity index (χ4v) is 4.00. The Morgan fingerprint density at radius 3 is 1.86 bits per heavy atom. The van der Waals surface area contributed by atoms with Gasteiger partial charge in [0.05, 0.1) is 0 Å². The van der Waals surface area contributed by atoms with Crippen molar-refractivity contribution in [3.63, 3.8) is 0 Å². The highest BCUT2D eigenvalue weighted by atomic mass is 32.1. The first-order chi connectivity index (χ1) is 14.0. The molecule has 3 aromatic rings. The first-order valence-electron chi connectivity index (χ1n) is 10.8. The second-order valence-electron chi connectivity index (χ2n) is 7.88. The Hall–Kier alpha value is -2.19. The van der Waals surface area contributed by atoms with Crippen LogP contribution in [-0.2, 0) is 23.8 Å². The second kappa shape index (κ2) is 9.54. The lowest BCUT2D eigenvalue weighted by Crippen LogP contribution is -2.20. The fraction of sp³-hybridized carbons (Fsp3) is 0.333. The number of benzene rings is 3. The van der Waals surface area contributed by atoms with Gasteiger partial charge in [-0.3, -0.25) is 0 Å². The van der Waals surface area contributed by atoms with Gasteiger partial charge in [-0.05, 0) is 67.1 Å². The van der Waals surface area contributed by atoms with E-state index in [9.17, 15) is 5.11 Å².